The number of hydrogen-bond acceptors (Lipinski definition) is 6. The van der Waals surface area contributed by atoms with Gasteiger partial charge in [-0.2, -0.15) is 16.5 Å². The predicted molar refractivity (Wildman–Crippen MR) is 123 cm³/mol. The van der Waals surface area contributed by atoms with Gasteiger partial charge in [0, 0.05) is 18.8 Å². The number of rotatable bonds is 9. The third-order valence-electron chi connectivity index (χ3n) is 4.95. The molecule has 31 heavy (non-hydrogen) atoms. The van der Waals surface area contributed by atoms with Gasteiger partial charge in [0.1, 0.15) is 6.04 Å². The average Bonchev–Trinajstić information content (AvgIpc) is 3.04. The van der Waals surface area contributed by atoms with Crippen LogP contribution in [0.1, 0.15) is 18.9 Å². The SMILES string of the molecule is CCc1ccccc1NC(=O)[C@H](CCSC)NS(=O)(=O)c1ccc2c(c1)oc(=O)n2C. The third-order valence-corrected chi connectivity index (χ3v) is 7.07. The van der Waals surface area contributed by atoms with Gasteiger partial charge in [-0.15, -0.1) is 0 Å². The van der Waals surface area contributed by atoms with Crippen LogP contribution in [0.25, 0.3) is 11.1 Å². The van der Waals surface area contributed by atoms with Crippen molar-refractivity contribution in [3.05, 3.63) is 58.6 Å². The van der Waals surface area contributed by atoms with E-state index in [4.69, 9.17) is 4.42 Å². The van der Waals surface area contributed by atoms with Gasteiger partial charge in [0.15, 0.2) is 5.58 Å². The number of amides is 1. The molecule has 0 bridgehead atoms. The van der Waals surface area contributed by atoms with Crippen LogP contribution in [0.15, 0.2) is 56.6 Å². The van der Waals surface area contributed by atoms with Crippen molar-refractivity contribution in [2.24, 2.45) is 7.05 Å². The molecule has 0 aliphatic heterocycles. The molecule has 8 nitrogen and oxygen atoms in total. The third kappa shape index (κ3) is 5.20. The number of benzene rings is 2. The maximum absolute atomic E-state index is 13.0. The van der Waals surface area contributed by atoms with E-state index in [2.05, 4.69) is 10.0 Å². The summed E-state index contributed by atoms with van der Waals surface area (Å²) in [6, 6.07) is 10.6. The van der Waals surface area contributed by atoms with E-state index in [0.717, 1.165) is 12.0 Å². The Bertz CT molecular complexity index is 1250. The molecule has 3 rings (SSSR count). The van der Waals surface area contributed by atoms with Gasteiger partial charge in [-0.05, 0) is 48.6 Å². The van der Waals surface area contributed by atoms with Gasteiger partial charge in [-0.3, -0.25) is 9.36 Å². The highest BCUT2D eigenvalue weighted by molar-refractivity contribution is 7.98. The van der Waals surface area contributed by atoms with E-state index < -0.39 is 27.7 Å². The van der Waals surface area contributed by atoms with Crippen LogP contribution in [0.2, 0.25) is 0 Å². The number of nitrogens with one attached hydrogen (secondary N) is 2. The van der Waals surface area contributed by atoms with Crippen molar-refractivity contribution in [3.63, 3.8) is 0 Å². The first-order valence-corrected chi connectivity index (χ1v) is 12.6. The van der Waals surface area contributed by atoms with Gasteiger partial charge in [-0.1, -0.05) is 25.1 Å². The molecule has 0 radical (unpaired) electrons. The van der Waals surface area contributed by atoms with E-state index in [9.17, 15) is 18.0 Å². The Morgan fingerprint density at radius 1 is 1.23 bits per heavy atom. The number of hydrogen-bond donors (Lipinski definition) is 2. The number of para-hydroxylation sites is 1. The van der Waals surface area contributed by atoms with Crippen LogP contribution in [0, 0.1) is 0 Å². The topological polar surface area (TPSA) is 110 Å². The highest BCUT2D eigenvalue weighted by atomic mass is 32.2. The highest BCUT2D eigenvalue weighted by Crippen LogP contribution is 2.20. The molecule has 3 aromatic rings. The van der Waals surface area contributed by atoms with Crippen molar-refractivity contribution in [2.45, 2.75) is 30.7 Å². The number of oxazole rings is 1. The molecule has 0 fully saturated rings. The van der Waals surface area contributed by atoms with Crippen LogP contribution in [-0.4, -0.2) is 36.9 Å². The number of aryl methyl sites for hydroxylation is 2. The quantitative estimate of drug-likeness (QED) is 0.505. The first kappa shape index (κ1) is 23.1. The van der Waals surface area contributed by atoms with Crippen molar-refractivity contribution in [2.75, 3.05) is 17.3 Å². The van der Waals surface area contributed by atoms with Gasteiger partial charge >= 0.3 is 5.76 Å². The second-order valence-electron chi connectivity index (χ2n) is 7.01. The fourth-order valence-electron chi connectivity index (χ4n) is 3.19. The molecule has 1 heterocycles. The van der Waals surface area contributed by atoms with Gasteiger partial charge < -0.3 is 9.73 Å². The lowest BCUT2D eigenvalue weighted by atomic mass is 10.1. The molecule has 2 aromatic carbocycles. The zero-order valence-electron chi connectivity index (χ0n) is 17.5. The average molecular weight is 464 g/mol. The van der Waals surface area contributed by atoms with Crippen LogP contribution in [-0.2, 0) is 28.3 Å². The molecule has 2 N–H and O–H groups in total. The number of carbonyl (C=O) groups excluding carboxylic acids is 1. The molecule has 0 saturated carbocycles. The summed E-state index contributed by atoms with van der Waals surface area (Å²) in [6.45, 7) is 1.98. The Kier molecular flexibility index (Phi) is 7.24. The van der Waals surface area contributed by atoms with Gasteiger partial charge in [-0.25, -0.2) is 13.2 Å². The summed E-state index contributed by atoms with van der Waals surface area (Å²) in [5.41, 5.74) is 2.27. The van der Waals surface area contributed by atoms with Crippen LogP contribution in [0.3, 0.4) is 0 Å². The number of anilines is 1. The van der Waals surface area contributed by atoms with Gasteiger partial charge in [0.25, 0.3) is 0 Å². The minimum absolute atomic E-state index is 0.0785. The van der Waals surface area contributed by atoms with Crippen LogP contribution >= 0.6 is 11.8 Å². The number of aromatic nitrogens is 1. The minimum Gasteiger partial charge on any atom is -0.408 e. The summed E-state index contributed by atoms with van der Waals surface area (Å²) < 4.78 is 34.9. The van der Waals surface area contributed by atoms with Crippen molar-refractivity contribution < 1.29 is 17.6 Å². The highest BCUT2D eigenvalue weighted by Gasteiger charge is 2.26. The molecule has 0 aliphatic carbocycles. The Morgan fingerprint density at radius 2 is 1.97 bits per heavy atom. The normalized spacial score (nSPS) is 12.7. The van der Waals surface area contributed by atoms with E-state index in [1.54, 1.807) is 6.07 Å². The fraction of sp³-hybridized carbons (Fsp3) is 0.333. The lowest BCUT2D eigenvalue weighted by molar-refractivity contribution is -0.117. The van der Waals surface area contributed by atoms with E-state index in [1.807, 2.05) is 31.4 Å². The molecule has 1 aromatic heterocycles. The molecule has 10 heteroatoms. The molecule has 0 aliphatic rings. The van der Waals surface area contributed by atoms with Gasteiger partial charge in [0.2, 0.25) is 15.9 Å². The molecule has 1 atom stereocenters. The number of nitrogens with zero attached hydrogens (tertiary/aromatic N) is 1. The van der Waals surface area contributed by atoms with Crippen molar-refractivity contribution in [1.29, 1.82) is 0 Å². The zero-order valence-corrected chi connectivity index (χ0v) is 19.2. The Labute approximate surface area is 185 Å². The molecule has 0 unspecified atom stereocenters. The van der Waals surface area contributed by atoms with E-state index in [0.29, 0.717) is 23.4 Å². The smallest absolute Gasteiger partial charge is 0.408 e. The standard InChI is InChI=1S/C21H25N3O5S2/c1-4-14-7-5-6-8-16(14)22-20(25)17(11-12-30-3)23-31(27,28)15-9-10-18-19(13-15)29-21(26)24(18)2/h5-10,13,17,23H,4,11-12H2,1-3H3,(H,22,25)/t17-/m0/s1. The number of carbonyl (C=O) groups is 1. The van der Waals surface area contributed by atoms with Crippen LogP contribution in [0.5, 0.6) is 0 Å². The number of thioether (sulfide) groups is 1. The maximum atomic E-state index is 13.0. The number of fused-ring (bicyclic) bond motifs is 1. The molecular weight excluding hydrogens is 438 g/mol. The summed E-state index contributed by atoms with van der Waals surface area (Å²) in [6.07, 6.45) is 2.95. The van der Waals surface area contributed by atoms with Gasteiger partial charge in [0.05, 0.1) is 10.4 Å². The summed E-state index contributed by atoms with van der Waals surface area (Å²) in [5.74, 6) is -0.405. The van der Waals surface area contributed by atoms with E-state index >= 15 is 0 Å². The monoisotopic (exact) mass is 463 g/mol. The lowest BCUT2D eigenvalue weighted by Gasteiger charge is -2.19. The number of sulfonamides is 1. The van der Waals surface area contributed by atoms with Crippen LogP contribution in [0.4, 0.5) is 5.69 Å². The van der Waals surface area contributed by atoms with E-state index in [1.165, 1.54) is 41.6 Å². The fourth-order valence-corrected chi connectivity index (χ4v) is 4.90. The molecule has 166 valence electrons. The molecule has 1 amide bonds. The summed E-state index contributed by atoms with van der Waals surface area (Å²) in [5, 5.41) is 2.85. The summed E-state index contributed by atoms with van der Waals surface area (Å²) in [4.78, 5) is 24.6. The predicted octanol–water partition coefficient (Wildman–Crippen LogP) is 2.73. The second kappa shape index (κ2) is 9.71. The Morgan fingerprint density at radius 3 is 2.68 bits per heavy atom. The largest absolute Gasteiger partial charge is 0.419 e. The zero-order chi connectivity index (χ0) is 22.6. The molecular formula is C21H25N3O5S2. The second-order valence-corrected chi connectivity index (χ2v) is 9.71. The Hall–Kier alpha value is -2.56. The van der Waals surface area contributed by atoms with Crippen LogP contribution < -0.4 is 15.8 Å². The summed E-state index contributed by atoms with van der Waals surface area (Å²) in [7, 11) is -2.49. The first-order chi connectivity index (χ1) is 14.8. The maximum Gasteiger partial charge on any atom is 0.419 e. The minimum atomic E-state index is -4.03. The van der Waals surface area contributed by atoms with Crippen molar-refractivity contribution in [1.82, 2.24) is 9.29 Å². The van der Waals surface area contributed by atoms with E-state index in [-0.39, 0.29) is 10.5 Å². The first-order valence-electron chi connectivity index (χ1n) is 9.76. The van der Waals surface area contributed by atoms with Crippen molar-refractivity contribution in [3.8, 4) is 0 Å². The molecule has 0 spiro atoms. The Balaban J connectivity index is 1.86. The summed E-state index contributed by atoms with van der Waals surface area (Å²) >= 11 is 1.52. The van der Waals surface area contributed by atoms with Crippen molar-refractivity contribution >= 4 is 44.5 Å². The lowest BCUT2D eigenvalue weighted by Crippen LogP contribution is -2.44. The molecule has 0 saturated heterocycles.